The standard InChI is InChI=1S/C13H32N4/c1-4-8-17(11-13(15)6-3)9-7-16-10-12(14)5-2/h12-13,16H,4-11,14-15H2,1-3H3. The molecule has 0 aromatic carbocycles. The fraction of sp³-hybridized carbons (Fsp3) is 1.00. The first-order valence-corrected chi connectivity index (χ1v) is 7.08. The van der Waals surface area contributed by atoms with Gasteiger partial charge in [0.25, 0.3) is 0 Å². The second-order valence-electron chi connectivity index (χ2n) is 4.84. The fourth-order valence-electron chi connectivity index (χ4n) is 1.74. The van der Waals surface area contributed by atoms with Crippen LogP contribution >= 0.6 is 0 Å². The summed E-state index contributed by atoms with van der Waals surface area (Å²) in [5.74, 6) is 0. The van der Waals surface area contributed by atoms with Gasteiger partial charge in [-0.05, 0) is 25.8 Å². The molecule has 4 heteroatoms. The van der Waals surface area contributed by atoms with E-state index < -0.39 is 0 Å². The van der Waals surface area contributed by atoms with Crippen molar-refractivity contribution >= 4 is 0 Å². The monoisotopic (exact) mass is 244 g/mol. The Hall–Kier alpha value is -0.160. The van der Waals surface area contributed by atoms with Crippen molar-refractivity contribution in [2.24, 2.45) is 11.5 Å². The minimum atomic E-state index is 0.285. The highest BCUT2D eigenvalue weighted by atomic mass is 15.1. The molecule has 0 spiro atoms. The second kappa shape index (κ2) is 11.0. The highest BCUT2D eigenvalue weighted by Gasteiger charge is 2.08. The van der Waals surface area contributed by atoms with Gasteiger partial charge in [0.1, 0.15) is 0 Å². The first-order chi connectivity index (χ1) is 8.13. The Kier molecular flexibility index (Phi) is 10.9. The van der Waals surface area contributed by atoms with Gasteiger partial charge in [0.15, 0.2) is 0 Å². The first kappa shape index (κ1) is 16.8. The zero-order valence-corrected chi connectivity index (χ0v) is 11.9. The van der Waals surface area contributed by atoms with Crippen molar-refractivity contribution in [1.29, 1.82) is 0 Å². The Labute approximate surface area is 107 Å². The minimum Gasteiger partial charge on any atom is -0.327 e. The second-order valence-corrected chi connectivity index (χ2v) is 4.84. The van der Waals surface area contributed by atoms with E-state index in [1.807, 2.05) is 0 Å². The average molecular weight is 244 g/mol. The van der Waals surface area contributed by atoms with E-state index in [9.17, 15) is 0 Å². The van der Waals surface area contributed by atoms with Gasteiger partial charge in [-0.2, -0.15) is 0 Å². The number of nitrogens with two attached hydrogens (primary N) is 2. The summed E-state index contributed by atoms with van der Waals surface area (Å²) in [4.78, 5) is 2.44. The van der Waals surface area contributed by atoms with Crippen molar-refractivity contribution in [3.63, 3.8) is 0 Å². The molecule has 4 nitrogen and oxygen atoms in total. The van der Waals surface area contributed by atoms with Crippen LogP contribution in [0.5, 0.6) is 0 Å². The Bertz CT molecular complexity index is 163. The third kappa shape index (κ3) is 9.53. The molecular formula is C13H32N4. The zero-order chi connectivity index (χ0) is 13.1. The average Bonchev–Trinajstić information content (AvgIpc) is 2.34. The summed E-state index contributed by atoms with van der Waals surface area (Å²) in [7, 11) is 0. The maximum atomic E-state index is 6.00. The Morgan fingerprint density at radius 3 is 2.18 bits per heavy atom. The number of rotatable bonds is 11. The van der Waals surface area contributed by atoms with Gasteiger partial charge < -0.3 is 21.7 Å². The lowest BCUT2D eigenvalue weighted by Gasteiger charge is -2.25. The summed E-state index contributed by atoms with van der Waals surface area (Å²) in [5, 5.41) is 3.41. The molecule has 2 atom stereocenters. The predicted octanol–water partition coefficient (Wildman–Crippen LogP) is 0.763. The molecule has 0 saturated carbocycles. The summed E-state index contributed by atoms with van der Waals surface area (Å²) in [5.41, 5.74) is 11.9. The van der Waals surface area contributed by atoms with Crippen molar-refractivity contribution in [2.75, 3.05) is 32.7 Å². The zero-order valence-electron chi connectivity index (χ0n) is 11.9. The van der Waals surface area contributed by atoms with Gasteiger partial charge in [0.2, 0.25) is 0 Å². The number of nitrogens with zero attached hydrogens (tertiary/aromatic N) is 1. The van der Waals surface area contributed by atoms with Crippen LogP contribution < -0.4 is 16.8 Å². The molecule has 0 saturated heterocycles. The summed E-state index contributed by atoms with van der Waals surface area (Å²) >= 11 is 0. The molecule has 0 aliphatic heterocycles. The van der Waals surface area contributed by atoms with E-state index in [1.54, 1.807) is 0 Å². The van der Waals surface area contributed by atoms with Crippen molar-refractivity contribution in [3.8, 4) is 0 Å². The van der Waals surface area contributed by atoms with Gasteiger partial charge >= 0.3 is 0 Å². The van der Waals surface area contributed by atoms with Crippen molar-refractivity contribution in [3.05, 3.63) is 0 Å². The topological polar surface area (TPSA) is 67.3 Å². The molecular weight excluding hydrogens is 212 g/mol. The largest absolute Gasteiger partial charge is 0.327 e. The van der Waals surface area contributed by atoms with Gasteiger partial charge in [0.05, 0.1) is 0 Å². The molecule has 0 fully saturated rings. The fourth-order valence-corrected chi connectivity index (χ4v) is 1.74. The van der Waals surface area contributed by atoms with Gasteiger partial charge in [-0.1, -0.05) is 20.8 Å². The van der Waals surface area contributed by atoms with E-state index >= 15 is 0 Å². The van der Waals surface area contributed by atoms with Crippen molar-refractivity contribution < 1.29 is 0 Å². The molecule has 0 heterocycles. The summed E-state index contributed by atoms with van der Waals surface area (Å²) in [6, 6.07) is 0.590. The van der Waals surface area contributed by atoms with E-state index in [2.05, 4.69) is 31.0 Å². The quantitative estimate of drug-likeness (QED) is 0.470. The number of hydrogen-bond acceptors (Lipinski definition) is 4. The molecule has 0 bridgehead atoms. The number of nitrogens with one attached hydrogen (secondary N) is 1. The smallest absolute Gasteiger partial charge is 0.0165 e. The highest BCUT2D eigenvalue weighted by molar-refractivity contribution is 4.69. The lowest BCUT2D eigenvalue weighted by atomic mass is 10.2. The van der Waals surface area contributed by atoms with Gasteiger partial charge in [-0.25, -0.2) is 0 Å². The molecule has 0 aliphatic rings. The molecule has 104 valence electrons. The van der Waals surface area contributed by atoms with Gasteiger partial charge in [0, 0.05) is 38.3 Å². The lowest BCUT2D eigenvalue weighted by Crippen LogP contribution is -2.42. The lowest BCUT2D eigenvalue weighted by molar-refractivity contribution is 0.254. The molecule has 0 radical (unpaired) electrons. The van der Waals surface area contributed by atoms with Crippen molar-refractivity contribution in [1.82, 2.24) is 10.2 Å². The molecule has 0 aromatic heterocycles. The molecule has 0 amide bonds. The Morgan fingerprint density at radius 1 is 1.00 bits per heavy atom. The highest BCUT2D eigenvalue weighted by Crippen LogP contribution is 1.95. The van der Waals surface area contributed by atoms with Crippen LogP contribution in [0.15, 0.2) is 0 Å². The van der Waals surface area contributed by atoms with Crippen LogP contribution in [0.25, 0.3) is 0 Å². The first-order valence-electron chi connectivity index (χ1n) is 7.08. The molecule has 0 aromatic rings. The molecule has 2 unspecified atom stereocenters. The summed E-state index contributed by atoms with van der Waals surface area (Å²) in [6.45, 7) is 11.6. The molecule has 0 rings (SSSR count). The third-order valence-electron chi connectivity index (χ3n) is 3.09. The van der Waals surface area contributed by atoms with E-state index in [0.717, 1.165) is 45.6 Å². The molecule has 5 N–H and O–H groups in total. The van der Waals surface area contributed by atoms with E-state index in [0.29, 0.717) is 6.04 Å². The summed E-state index contributed by atoms with van der Waals surface area (Å²) < 4.78 is 0. The van der Waals surface area contributed by atoms with Crippen LogP contribution in [0.3, 0.4) is 0 Å². The normalized spacial score (nSPS) is 15.2. The molecule has 0 aliphatic carbocycles. The maximum Gasteiger partial charge on any atom is 0.0165 e. The SMILES string of the molecule is CCCN(CCNCC(N)CC)CC(N)CC. The van der Waals surface area contributed by atoms with Crippen LogP contribution in [-0.2, 0) is 0 Å². The molecule has 17 heavy (non-hydrogen) atoms. The Morgan fingerprint density at radius 2 is 1.65 bits per heavy atom. The van der Waals surface area contributed by atoms with Crippen LogP contribution in [0.2, 0.25) is 0 Å². The van der Waals surface area contributed by atoms with Gasteiger partial charge in [-0.15, -0.1) is 0 Å². The van der Waals surface area contributed by atoms with Gasteiger partial charge in [-0.3, -0.25) is 0 Å². The Balaban J connectivity index is 3.69. The maximum absolute atomic E-state index is 6.00. The third-order valence-corrected chi connectivity index (χ3v) is 3.09. The van der Waals surface area contributed by atoms with Crippen LogP contribution in [0.4, 0.5) is 0 Å². The van der Waals surface area contributed by atoms with E-state index in [1.165, 1.54) is 6.42 Å². The van der Waals surface area contributed by atoms with E-state index in [4.69, 9.17) is 11.5 Å². The van der Waals surface area contributed by atoms with Crippen LogP contribution in [-0.4, -0.2) is 49.7 Å². The van der Waals surface area contributed by atoms with Crippen molar-refractivity contribution in [2.45, 2.75) is 52.1 Å². The number of hydrogen-bond donors (Lipinski definition) is 3. The predicted molar refractivity (Wildman–Crippen MR) is 76.1 cm³/mol. The van der Waals surface area contributed by atoms with Crippen LogP contribution in [0, 0.1) is 0 Å². The van der Waals surface area contributed by atoms with E-state index in [-0.39, 0.29) is 6.04 Å². The van der Waals surface area contributed by atoms with Crippen LogP contribution in [0.1, 0.15) is 40.0 Å². The summed E-state index contributed by atoms with van der Waals surface area (Å²) in [6.07, 6.45) is 3.27. The minimum absolute atomic E-state index is 0.285.